The number of nitrogens with zero attached hydrogens (tertiary/aromatic N) is 6. The lowest BCUT2D eigenvalue weighted by molar-refractivity contribution is 0.0238. The first-order chi connectivity index (χ1) is 18.2. The molecule has 0 spiro atoms. The Morgan fingerprint density at radius 3 is 2.76 bits per heavy atom. The highest BCUT2D eigenvalue weighted by Crippen LogP contribution is 2.34. The van der Waals surface area contributed by atoms with Crippen molar-refractivity contribution in [2.45, 2.75) is 77.3 Å². The van der Waals surface area contributed by atoms with Gasteiger partial charge in [-0.1, -0.05) is 12.1 Å². The number of carbonyl (C=O) groups is 1. The Bertz CT molecular complexity index is 1300. The average Bonchev–Trinajstić information content (AvgIpc) is 3.51. The number of rotatable bonds is 6. The van der Waals surface area contributed by atoms with E-state index in [9.17, 15) is 9.90 Å². The maximum absolute atomic E-state index is 12.6. The highest BCUT2D eigenvalue weighted by molar-refractivity contribution is 5.68. The fourth-order valence-electron chi connectivity index (χ4n) is 5.83. The molecule has 2 aliphatic rings. The average molecular weight is 521 g/mol. The lowest BCUT2D eigenvalue weighted by atomic mass is 9.91. The number of aliphatic hydroxyl groups is 1. The zero-order valence-corrected chi connectivity index (χ0v) is 23.2. The van der Waals surface area contributed by atoms with Crippen LogP contribution in [0.25, 0.3) is 5.65 Å². The third kappa shape index (κ3) is 5.22. The van der Waals surface area contributed by atoms with Crippen LogP contribution < -0.4 is 4.90 Å². The molecule has 9 nitrogen and oxygen atoms in total. The normalized spacial score (nSPS) is 19.7. The fraction of sp³-hybridized carbons (Fsp3) is 0.552. The van der Waals surface area contributed by atoms with Crippen LogP contribution in [-0.4, -0.2) is 74.2 Å². The summed E-state index contributed by atoms with van der Waals surface area (Å²) in [6, 6.07) is 10.6. The van der Waals surface area contributed by atoms with Gasteiger partial charge in [-0.2, -0.15) is 0 Å². The van der Waals surface area contributed by atoms with Crippen LogP contribution in [0.3, 0.4) is 0 Å². The lowest BCUT2D eigenvalue weighted by Crippen LogP contribution is -2.42. The van der Waals surface area contributed by atoms with E-state index >= 15 is 0 Å². The summed E-state index contributed by atoms with van der Waals surface area (Å²) in [4.78, 5) is 28.6. The van der Waals surface area contributed by atoms with Gasteiger partial charge >= 0.3 is 6.09 Å². The Balaban J connectivity index is 1.38. The van der Waals surface area contributed by atoms with E-state index in [2.05, 4.69) is 33.4 Å². The summed E-state index contributed by atoms with van der Waals surface area (Å²) in [5.74, 6) is 0.984. The van der Waals surface area contributed by atoms with Gasteiger partial charge in [0.1, 0.15) is 17.1 Å². The number of hydrogen-bond acceptors (Lipinski definition) is 7. The van der Waals surface area contributed by atoms with Gasteiger partial charge in [-0.15, -0.1) is 0 Å². The van der Waals surface area contributed by atoms with Gasteiger partial charge in [0.25, 0.3) is 0 Å². The first kappa shape index (κ1) is 26.4. The molecule has 2 atom stereocenters. The van der Waals surface area contributed by atoms with Gasteiger partial charge in [-0.05, 0) is 77.3 Å². The van der Waals surface area contributed by atoms with Crippen LogP contribution in [0.4, 0.5) is 10.6 Å². The van der Waals surface area contributed by atoms with E-state index in [1.165, 1.54) is 5.56 Å². The number of aromatic nitrogens is 3. The Labute approximate surface area is 225 Å². The van der Waals surface area contributed by atoms with Crippen molar-refractivity contribution >= 4 is 17.6 Å². The van der Waals surface area contributed by atoms with Crippen molar-refractivity contribution in [3.63, 3.8) is 0 Å². The first-order valence-electron chi connectivity index (χ1n) is 13.6. The topological polar surface area (TPSA) is 86.4 Å². The quantitative estimate of drug-likeness (QED) is 0.522. The molecule has 1 aliphatic heterocycles. The zero-order valence-electron chi connectivity index (χ0n) is 23.2. The molecule has 5 rings (SSSR count). The van der Waals surface area contributed by atoms with Crippen LogP contribution in [0.2, 0.25) is 0 Å². The van der Waals surface area contributed by atoms with E-state index in [0.29, 0.717) is 13.1 Å². The minimum absolute atomic E-state index is 0.0469. The minimum Gasteiger partial charge on any atom is -0.444 e. The van der Waals surface area contributed by atoms with Gasteiger partial charge in [0.15, 0.2) is 0 Å². The number of pyridine rings is 2. The molecule has 1 amide bonds. The van der Waals surface area contributed by atoms with Crippen molar-refractivity contribution in [3.05, 3.63) is 59.2 Å². The van der Waals surface area contributed by atoms with Crippen LogP contribution in [0.1, 0.15) is 68.7 Å². The second kappa shape index (κ2) is 10.5. The highest BCUT2D eigenvalue weighted by Gasteiger charge is 2.33. The number of anilines is 1. The molecule has 38 heavy (non-hydrogen) atoms. The summed E-state index contributed by atoms with van der Waals surface area (Å²) in [5, 5.41) is 10.5. The molecular formula is C29H40N6O3. The lowest BCUT2D eigenvalue weighted by Gasteiger charge is -2.32. The Morgan fingerprint density at radius 1 is 1.18 bits per heavy atom. The molecular weight excluding hydrogens is 480 g/mol. The summed E-state index contributed by atoms with van der Waals surface area (Å²) in [5.41, 5.74) is 4.47. The molecule has 1 saturated heterocycles. The van der Waals surface area contributed by atoms with Crippen molar-refractivity contribution in [3.8, 4) is 0 Å². The third-order valence-corrected chi connectivity index (χ3v) is 7.76. The maximum atomic E-state index is 12.6. The molecule has 0 bridgehead atoms. The molecule has 204 valence electrons. The molecule has 0 aromatic carbocycles. The predicted octanol–water partition coefficient (Wildman–Crippen LogP) is 4.18. The summed E-state index contributed by atoms with van der Waals surface area (Å²) in [7, 11) is 3.93. The van der Waals surface area contributed by atoms with Crippen LogP contribution in [0, 0.1) is 0 Å². The summed E-state index contributed by atoms with van der Waals surface area (Å²) in [6.45, 7) is 7.67. The van der Waals surface area contributed by atoms with Crippen LogP contribution >= 0.6 is 0 Å². The van der Waals surface area contributed by atoms with Gasteiger partial charge in [0.2, 0.25) is 0 Å². The second-order valence-electron chi connectivity index (χ2n) is 11.6. The maximum Gasteiger partial charge on any atom is 0.410 e. The number of aryl methyl sites for hydroxylation is 1. The third-order valence-electron chi connectivity index (χ3n) is 7.76. The van der Waals surface area contributed by atoms with Gasteiger partial charge in [0.05, 0.1) is 35.8 Å². The van der Waals surface area contributed by atoms with E-state index in [4.69, 9.17) is 14.7 Å². The van der Waals surface area contributed by atoms with E-state index < -0.39 is 5.60 Å². The SMILES string of the molecule is CN(Cc1nc2cccc(N3CC[C@@H](N(C)C(=O)OC(C)(C)C)C3)n2c1CO)[C@H]1CCCc2cccnc21. The summed E-state index contributed by atoms with van der Waals surface area (Å²) in [6.07, 6.45) is 5.71. The van der Waals surface area contributed by atoms with Crippen molar-refractivity contribution in [2.75, 3.05) is 32.1 Å². The molecule has 0 saturated carbocycles. The predicted molar refractivity (Wildman–Crippen MR) is 147 cm³/mol. The molecule has 0 radical (unpaired) electrons. The first-order valence-corrected chi connectivity index (χ1v) is 13.6. The molecule has 3 aromatic rings. The van der Waals surface area contributed by atoms with Gasteiger partial charge in [-0.3, -0.25) is 14.3 Å². The number of fused-ring (bicyclic) bond motifs is 2. The van der Waals surface area contributed by atoms with E-state index in [-0.39, 0.29) is 24.8 Å². The minimum atomic E-state index is -0.526. The molecule has 9 heteroatoms. The standard InChI is InChI=1S/C29H40N6O3/c1-29(2,3)38-28(37)33(5)21-14-16-34(17-21)26-13-7-12-25-31-22(24(19-36)35(25)26)18-32(4)23-11-6-9-20-10-8-15-30-27(20)23/h7-8,10,12-13,15,21,23,36H,6,9,11,14,16-19H2,1-5H3/t21-,23+/m1/s1. The van der Waals surface area contributed by atoms with Crippen molar-refractivity contribution in [2.24, 2.45) is 0 Å². The number of ether oxygens (including phenoxy) is 1. The number of likely N-dealkylation sites (N-methyl/N-ethyl adjacent to an activating group) is 1. The largest absolute Gasteiger partial charge is 0.444 e. The Hall–Kier alpha value is -3.17. The molecule has 1 aliphatic carbocycles. The Kier molecular flexibility index (Phi) is 7.33. The van der Waals surface area contributed by atoms with E-state index in [1.807, 2.05) is 52.2 Å². The van der Waals surface area contributed by atoms with E-state index in [1.54, 1.807) is 4.90 Å². The summed E-state index contributed by atoms with van der Waals surface area (Å²) >= 11 is 0. The Morgan fingerprint density at radius 2 is 2.00 bits per heavy atom. The van der Waals surface area contributed by atoms with Crippen LogP contribution in [-0.2, 0) is 24.3 Å². The van der Waals surface area contributed by atoms with E-state index in [0.717, 1.165) is 60.8 Å². The van der Waals surface area contributed by atoms with Gasteiger partial charge < -0.3 is 19.6 Å². The van der Waals surface area contributed by atoms with Gasteiger partial charge in [-0.25, -0.2) is 9.78 Å². The summed E-state index contributed by atoms with van der Waals surface area (Å²) < 4.78 is 7.66. The number of aliphatic hydroxyl groups excluding tert-OH is 1. The van der Waals surface area contributed by atoms with Crippen molar-refractivity contribution in [1.82, 2.24) is 24.2 Å². The smallest absolute Gasteiger partial charge is 0.410 e. The van der Waals surface area contributed by atoms with Crippen LogP contribution in [0.5, 0.6) is 0 Å². The molecule has 0 unspecified atom stereocenters. The highest BCUT2D eigenvalue weighted by atomic mass is 16.6. The van der Waals surface area contributed by atoms with Gasteiger partial charge in [0, 0.05) is 32.9 Å². The second-order valence-corrected chi connectivity index (χ2v) is 11.6. The molecule has 1 fully saturated rings. The number of carbonyl (C=O) groups excluding carboxylic acids is 1. The monoisotopic (exact) mass is 520 g/mol. The molecule has 4 heterocycles. The number of hydrogen-bond donors (Lipinski definition) is 1. The van der Waals surface area contributed by atoms with Crippen molar-refractivity contribution < 1.29 is 14.6 Å². The number of imidazole rings is 1. The van der Waals surface area contributed by atoms with Crippen LogP contribution in [0.15, 0.2) is 36.5 Å². The number of amides is 1. The fourth-order valence-corrected chi connectivity index (χ4v) is 5.83. The van der Waals surface area contributed by atoms with Crippen molar-refractivity contribution in [1.29, 1.82) is 0 Å². The molecule has 3 aromatic heterocycles. The zero-order chi connectivity index (χ0) is 27.0. The molecule has 1 N–H and O–H groups in total.